The van der Waals surface area contributed by atoms with E-state index in [1.165, 1.54) is 21.5 Å². The molecule has 0 aliphatic rings. The molecule has 0 bridgehead atoms. The van der Waals surface area contributed by atoms with Gasteiger partial charge in [-0.1, -0.05) is 59.7 Å². The zero-order valence-corrected chi connectivity index (χ0v) is 19.8. The average molecular weight is 460 g/mol. The van der Waals surface area contributed by atoms with E-state index in [0.29, 0.717) is 0 Å². The Kier molecular flexibility index (Phi) is 6.80. The van der Waals surface area contributed by atoms with Gasteiger partial charge in [0.25, 0.3) is 0 Å². The van der Waals surface area contributed by atoms with Crippen molar-refractivity contribution in [2.24, 2.45) is 7.05 Å². The number of rotatable bonds is 2. The van der Waals surface area contributed by atoms with Crippen molar-refractivity contribution in [3.05, 3.63) is 90.9 Å². The number of aryl methyl sites for hydroxylation is 2. The molecule has 5 rings (SSSR count). The van der Waals surface area contributed by atoms with Gasteiger partial charge in [-0.05, 0) is 10.5 Å². The van der Waals surface area contributed by atoms with Crippen LogP contribution in [0.1, 0.15) is 5.56 Å². The maximum absolute atomic E-state index is 4.04. The Morgan fingerprint density at radius 3 is 2.50 bits per heavy atom. The molecule has 140 valence electrons. The zero-order chi connectivity index (χ0) is 19.1. The van der Waals surface area contributed by atoms with Gasteiger partial charge in [-0.25, -0.2) is 5.56 Å². The number of fused-ring (bicyclic) bond motifs is 3. The Hall–Kier alpha value is -2.42. The monoisotopic (exact) mass is 460 g/mol. The van der Waals surface area contributed by atoms with Crippen LogP contribution in [0.15, 0.2) is 73.2 Å². The zero-order valence-electron chi connectivity index (χ0n) is 16.9. The summed E-state index contributed by atoms with van der Waals surface area (Å²) in [5, 5.41) is 12.9. The maximum atomic E-state index is 4.04. The van der Waals surface area contributed by atoms with E-state index in [1.807, 2.05) is 11.6 Å². The van der Waals surface area contributed by atoms with Gasteiger partial charge in [-0.15, -0.1) is 23.1 Å². The fourth-order valence-electron chi connectivity index (χ4n) is 3.68. The molecule has 1 aromatic heterocycles. The van der Waals surface area contributed by atoms with E-state index in [0.717, 1.165) is 27.9 Å². The number of hydrogen-bond acceptors (Lipinski definition) is 2. The van der Waals surface area contributed by atoms with Crippen LogP contribution in [0.4, 0.5) is 0 Å². The molecule has 0 unspecified atom stereocenters. The normalized spacial score (nSPS) is 10.5. The van der Waals surface area contributed by atoms with Crippen molar-refractivity contribution < 1.29 is 37.3 Å². The van der Waals surface area contributed by atoms with Crippen LogP contribution in [0.5, 0.6) is 0 Å². The minimum atomic E-state index is 0. The summed E-state index contributed by atoms with van der Waals surface area (Å²) in [4.78, 5) is 0. The molecule has 0 saturated heterocycles. The van der Waals surface area contributed by atoms with Gasteiger partial charge in [0.1, 0.15) is 0 Å². The number of aromatic nitrogens is 3. The quantitative estimate of drug-likeness (QED) is 0.169. The molecule has 0 N–H and O–H groups in total. The summed E-state index contributed by atoms with van der Waals surface area (Å²) in [5.41, 5.74) is 5.23. The second-order valence-corrected chi connectivity index (χ2v) is 7.04. The van der Waals surface area contributed by atoms with E-state index in [2.05, 4.69) is 89.9 Å². The van der Waals surface area contributed by atoms with E-state index in [4.69, 9.17) is 0 Å². The Balaban J connectivity index is 0.00000128. The molecule has 0 saturated carbocycles. The molecule has 4 aromatic carbocycles. The summed E-state index contributed by atoms with van der Waals surface area (Å²) in [6.45, 7) is 2.09. The Bertz CT molecular complexity index is 1350. The van der Waals surface area contributed by atoms with Gasteiger partial charge in [0.05, 0.1) is 24.0 Å². The van der Waals surface area contributed by atoms with Crippen molar-refractivity contribution in [3.8, 4) is 22.4 Å². The SMILES string of the molecule is Cc1ccc(-c2[c-]cc3c(ccc4ccccc43)c2)[c-]c1-c1cnnc[n+]1C.[B].[Y]. The van der Waals surface area contributed by atoms with E-state index in [1.54, 1.807) is 12.5 Å². The minimum absolute atomic E-state index is 0. The van der Waals surface area contributed by atoms with Crippen molar-refractivity contribution in [2.75, 3.05) is 0 Å². The molecular formula is C25H18BN3Y-. The predicted molar refractivity (Wildman–Crippen MR) is 117 cm³/mol. The average Bonchev–Trinajstić information content (AvgIpc) is 2.74. The first-order chi connectivity index (χ1) is 13.7. The Morgan fingerprint density at radius 2 is 1.67 bits per heavy atom. The molecule has 1 heterocycles. The molecule has 0 aliphatic heterocycles. The van der Waals surface area contributed by atoms with Crippen LogP contribution in [0.2, 0.25) is 0 Å². The van der Waals surface area contributed by atoms with E-state index in [-0.39, 0.29) is 41.1 Å². The van der Waals surface area contributed by atoms with Crippen LogP contribution in [0, 0.1) is 19.1 Å². The van der Waals surface area contributed by atoms with Crippen LogP contribution >= 0.6 is 0 Å². The smallest absolute Gasteiger partial charge is 0.262 e. The van der Waals surface area contributed by atoms with Gasteiger partial charge in [0, 0.05) is 41.1 Å². The van der Waals surface area contributed by atoms with Crippen molar-refractivity contribution in [1.82, 2.24) is 10.2 Å². The molecular weight excluding hydrogens is 442 g/mol. The summed E-state index contributed by atoms with van der Waals surface area (Å²) >= 11 is 0. The van der Waals surface area contributed by atoms with Gasteiger partial charge in [0.2, 0.25) is 0 Å². The fourth-order valence-corrected chi connectivity index (χ4v) is 3.68. The van der Waals surface area contributed by atoms with Crippen LogP contribution in [0.3, 0.4) is 0 Å². The number of nitrogens with zero attached hydrogens (tertiary/aromatic N) is 3. The summed E-state index contributed by atoms with van der Waals surface area (Å²) in [6, 6.07) is 28.4. The number of benzene rings is 4. The van der Waals surface area contributed by atoms with Crippen LogP contribution < -0.4 is 4.57 Å². The molecule has 5 aromatic rings. The van der Waals surface area contributed by atoms with Crippen LogP contribution in [-0.2, 0) is 39.8 Å². The topological polar surface area (TPSA) is 29.7 Å². The minimum Gasteiger partial charge on any atom is -0.262 e. The van der Waals surface area contributed by atoms with Gasteiger partial charge < -0.3 is 0 Å². The van der Waals surface area contributed by atoms with Gasteiger partial charge in [-0.3, -0.25) is 4.57 Å². The third kappa shape index (κ3) is 3.95. The van der Waals surface area contributed by atoms with Gasteiger partial charge in [-0.2, -0.15) is 29.8 Å². The molecule has 30 heavy (non-hydrogen) atoms. The van der Waals surface area contributed by atoms with E-state index in [9.17, 15) is 0 Å². The second kappa shape index (κ2) is 9.16. The van der Waals surface area contributed by atoms with Crippen molar-refractivity contribution >= 4 is 30.0 Å². The molecule has 0 atom stereocenters. The van der Waals surface area contributed by atoms with Gasteiger partial charge >= 0.3 is 6.33 Å². The molecule has 3 nitrogen and oxygen atoms in total. The molecule has 5 heteroatoms. The van der Waals surface area contributed by atoms with Crippen molar-refractivity contribution in [2.45, 2.75) is 6.92 Å². The van der Waals surface area contributed by atoms with Gasteiger partial charge in [0.15, 0.2) is 0 Å². The first-order valence-electron chi connectivity index (χ1n) is 9.24. The first-order valence-corrected chi connectivity index (χ1v) is 9.24. The third-order valence-corrected chi connectivity index (χ3v) is 5.23. The summed E-state index contributed by atoms with van der Waals surface area (Å²) in [7, 11) is 1.97. The summed E-state index contributed by atoms with van der Waals surface area (Å²) in [6.07, 6.45) is 3.49. The maximum Gasteiger partial charge on any atom is 0.308 e. The molecule has 0 amide bonds. The third-order valence-electron chi connectivity index (χ3n) is 5.23. The summed E-state index contributed by atoms with van der Waals surface area (Å²) in [5.74, 6) is 0. The molecule has 4 radical (unpaired) electrons. The number of hydrogen-bond donors (Lipinski definition) is 0. The van der Waals surface area contributed by atoms with Crippen LogP contribution in [-0.4, -0.2) is 18.6 Å². The standard InChI is InChI=1S/C25H18N3.B.Y/c1-17-7-8-20(14-24(17)25-15-26-27-16-28(25)2)19-11-12-23-21(13-19)10-9-18-5-3-4-6-22(18)23;;/h3-10,12-13,15-16H,1-2H3;;/q-1;;. The van der Waals surface area contributed by atoms with Crippen molar-refractivity contribution in [1.29, 1.82) is 0 Å². The first kappa shape index (κ1) is 22.3. The fraction of sp³-hybridized carbons (Fsp3) is 0.0800. The molecule has 0 fully saturated rings. The van der Waals surface area contributed by atoms with E-state index < -0.39 is 0 Å². The Morgan fingerprint density at radius 1 is 0.867 bits per heavy atom. The van der Waals surface area contributed by atoms with Crippen molar-refractivity contribution in [3.63, 3.8) is 0 Å². The molecule has 0 spiro atoms. The largest absolute Gasteiger partial charge is 0.308 e. The molecule has 0 aliphatic carbocycles. The second-order valence-electron chi connectivity index (χ2n) is 7.04. The summed E-state index contributed by atoms with van der Waals surface area (Å²) < 4.78 is 1.96. The predicted octanol–water partition coefficient (Wildman–Crippen LogP) is 4.47. The van der Waals surface area contributed by atoms with Crippen LogP contribution in [0.25, 0.3) is 43.9 Å². The Labute approximate surface area is 203 Å². The van der Waals surface area contributed by atoms with E-state index >= 15 is 0 Å².